The molecule has 0 aliphatic heterocycles. The van der Waals surface area contributed by atoms with Crippen molar-refractivity contribution in [1.29, 1.82) is 0 Å². The van der Waals surface area contributed by atoms with E-state index in [1.165, 1.54) is 65.9 Å². The molecule has 0 amide bonds. The van der Waals surface area contributed by atoms with Gasteiger partial charge in [-0.15, -0.1) is 0 Å². The molecular formula is C60H50N4. The fourth-order valence-electron chi connectivity index (χ4n) is 9.69. The van der Waals surface area contributed by atoms with Crippen LogP contribution in [0.3, 0.4) is 0 Å². The van der Waals surface area contributed by atoms with E-state index in [1.807, 2.05) is 0 Å². The van der Waals surface area contributed by atoms with E-state index in [1.54, 1.807) is 0 Å². The molecule has 0 atom stereocenters. The van der Waals surface area contributed by atoms with Gasteiger partial charge in [0.2, 0.25) is 0 Å². The smallest absolute Gasteiger partial charge is 0.0548 e. The van der Waals surface area contributed by atoms with Gasteiger partial charge in [-0.05, 0) is 122 Å². The van der Waals surface area contributed by atoms with Gasteiger partial charge in [0, 0.05) is 55.7 Å². The van der Waals surface area contributed by atoms with E-state index >= 15 is 0 Å². The Labute approximate surface area is 375 Å². The van der Waals surface area contributed by atoms with E-state index in [2.05, 4.69) is 215 Å². The van der Waals surface area contributed by atoms with Crippen LogP contribution in [0.25, 0.3) is 55.0 Å². The van der Waals surface area contributed by atoms with E-state index < -0.39 is 0 Å². The quantitative estimate of drug-likeness (QED) is 0.109. The Balaban J connectivity index is 1.06. The highest BCUT2D eigenvalue weighted by molar-refractivity contribution is 6.19. The van der Waals surface area contributed by atoms with Crippen molar-refractivity contribution in [2.75, 3.05) is 0 Å². The second kappa shape index (κ2) is 17.7. The predicted molar refractivity (Wildman–Crippen MR) is 266 cm³/mol. The summed E-state index contributed by atoms with van der Waals surface area (Å²) in [4.78, 5) is 10.6. The molecule has 0 unspecified atom stereocenters. The summed E-state index contributed by atoms with van der Waals surface area (Å²) in [6, 6.07) is 75.2. The molecular weight excluding hydrogens is 777 g/mol. The number of pyridine rings is 2. The van der Waals surface area contributed by atoms with Crippen molar-refractivity contribution in [1.82, 2.24) is 19.1 Å². The third kappa shape index (κ3) is 8.11. The molecule has 4 heterocycles. The summed E-state index contributed by atoms with van der Waals surface area (Å²) < 4.78 is 4.98. The monoisotopic (exact) mass is 826 g/mol. The van der Waals surface area contributed by atoms with Crippen LogP contribution in [0.1, 0.15) is 45.0 Å². The lowest BCUT2D eigenvalue weighted by molar-refractivity contribution is 0.851. The summed E-state index contributed by atoms with van der Waals surface area (Å²) >= 11 is 0. The molecule has 0 aliphatic carbocycles. The molecule has 11 rings (SSSR count). The molecule has 4 nitrogen and oxygen atoms in total. The third-order valence-corrected chi connectivity index (χ3v) is 12.9. The lowest BCUT2D eigenvalue weighted by Crippen LogP contribution is -2.05. The van der Waals surface area contributed by atoms with Gasteiger partial charge in [-0.3, -0.25) is 9.97 Å². The van der Waals surface area contributed by atoms with Gasteiger partial charge in [-0.1, -0.05) is 158 Å². The summed E-state index contributed by atoms with van der Waals surface area (Å²) in [5.41, 5.74) is 16.9. The molecule has 0 aliphatic rings. The van der Waals surface area contributed by atoms with Crippen molar-refractivity contribution in [3.8, 4) is 11.4 Å². The molecule has 0 spiro atoms. The van der Waals surface area contributed by atoms with Gasteiger partial charge in [0.05, 0.1) is 22.1 Å². The number of aromatic nitrogens is 4. The average Bonchev–Trinajstić information content (AvgIpc) is 3.86. The minimum absolute atomic E-state index is 0.873. The normalized spacial score (nSPS) is 11.6. The third-order valence-electron chi connectivity index (χ3n) is 12.9. The van der Waals surface area contributed by atoms with Gasteiger partial charge in [-0.2, -0.15) is 0 Å². The molecule has 0 saturated carbocycles. The Morgan fingerprint density at radius 1 is 0.250 bits per heavy atom. The van der Waals surface area contributed by atoms with Crippen LogP contribution < -0.4 is 0 Å². The van der Waals surface area contributed by atoms with Crippen LogP contribution in [-0.2, 0) is 51.4 Å². The highest BCUT2D eigenvalue weighted by Crippen LogP contribution is 2.40. The van der Waals surface area contributed by atoms with E-state index in [4.69, 9.17) is 9.97 Å². The van der Waals surface area contributed by atoms with Gasteiger partial charge in [0.15, 0.2) is 0 Å². The van der Waals surface area contributed by atoms with Crippen molar-refractivity contribution in [3.63, 3.8) is 0 Å². The Hall–Kier alpha value is -7.56. The van der Waals surface area contributed by atoms with Crippen LogP contribution in [0, 0.1) is 0 Å². The number of fused-ring (bicyclic) bond motifs is 6. The number of nitrogens with zero attached hydrogens (tertiary/aromatic N) is 4. The van der Waals surface area contributed by atoms with Crippen LogP contribution in [-0.4, -0.2) is 19.1 Å². The van der Waals surface area contributed by atoms with Gasteiger partial charge < -0.3 is 9.13 Å². The molecule has 0 bridgehead atoms. The first kappa shape index (κ1) is 39.3. The van der Waals surface area contributed by atoms with Gasteiger partial charge in [-0.25, -0.2) is 0 Å². The molecule has 7 aromatic carbocycles. The molecule has 4 heteroatoms. The minimum atomic E-state index is 0.873. The molecule has 0 fully saturated rings. The van der Waals surface area contributed by atoms with Gasteiger partial charge in [0.25, 0.3) is 0 Å². The Kier molecular flexibility index (Phi) is 10.8. The summed E-state index contributed by atoms with van der Waals surface area (Å²) in [6.07, 6.45) is 7.27. The number of rotatable bonds is 14. The molecule has 310 valence electrons. The zero-order valence-electron chi connectivity index (χ0n) is 36.1. The minimum Gasteiger partial charge on any atom is -0.309 e. The first-order valence-electron chi connectivity index (χ1n) is 22.8. The van der Waals surface area contributed by atoms with E-state index in [9.17, 15) is 0 Å². The number of hydrogen-bond donors (Lipinski definition) is 0. The number of hydrogen-bond acceptors (Lipinski definition) is 2. The van der Waals surface area contributed by atoms with Crippen LogP contribution in [0.5, 0.6) is 0 Å². The van der Waals surface area contributed by atoms with E-state index in [0.717, 1.165) is 85.5 Å². The SMILES string of the molecule is c1ccc(CCc2cc(-n3c4ccccc4c4cc5c(cc43)c3ccccc3n5-c3cc(CCc4ccccc4)nc(CCc4ccccc4)c3)cc(CCc3ccccc3)n2)cc1. The molecule has 64 heavy (non-hydrogen) atoms. The summed E-state index contributed by atoms with van der Waals surface area (Å²) in [7, 11) is 0. The van der Waals surface area contributed by atoms with Gasteiger partial charge >= 0.3 is 0 Å². The maximum Gasteiger partial charge on any atom is 0.0548 e. The fourth-order valence-corrected chi connectivity index (χ4v) is 9.69. The molecule has 0 saturated heterocycles. The molecule has 4 aromatic heterocycles. The van der Waals surface area contributed by atoms with Crippen LogP contribution in [0.15, 0.2) is 206 Å². The zero-order valence-corrected chi connectivity index (χ0v) is 36.1. The van der Waals surface area contributed by atoms with Crippen molar-refractivity contribution < 1.29 is 0 Å². The maximum atomic E-state index is 5.31. The number of aryl methyl sites for hydroxylation is 8. The second-order valence-corrected chi connectivity index (χ2v) is 17.2. The Morgan fingerprint density at radius 2 is 0.531 bits per heavy atom. The Bertz CT molecular complexity index is 3010. The van der Waals surface area contributed by atoms with Crippen molar-refractivity contribution in [2.24, 2.45) is 0 Å². The van der Waals surface area contributed by atoms with Crippen molar-refractivity contribution in [2.45, 2.75) is 51.4 Å². The van der Waals surface area contributed by atoms with E-state index in [0.29, 0.717) is 0 Å². The average molecular weight is 827 g/mol. The number of para-hydroxylation sites is 2. The lowest BCUT2D eigenvalue weighted by atomic mass is 10.0. The predicted octanol–water partition coefficient (Wildman–Crippen LogP) is 13.8. The van der Waals surface area contributed by atoms with E-state index in [-0.39, 0.29) is 0 Å². The molecule has 0 N–H and O–H groups in total. The van der Waals surface area contributed by atoms with Crippen LogP contribution in [0.4, 0.5) is 0 Å². The first-order valence-corrected chi connectivity index (χ1v) is 22.8. The number of benzene rings is 7. The molecule has 11 aromatic rings. The molecule has 0 radical (unpaired) electrons. The fraction of sp³-hybridized carbons (Fsp3) is 0.133. The lowest BCUT2D eigenvalue weighted by Gasteiger charge is -2.14. The van der Waals surface area contributed by atoms with Crippen LogP contribution in [0.2, 0.25) is 0 Å². The summed E-state index contributed by atoms with van der Waals surface area (Å²) in [6.45, 7) is 0. The first-order chi connectivity index (χ1) is 31.7. The maximum absolute atomic E-state index is 5.31. The largest absolute Gasteiger partial charge is 0.309 e. The van der Waals surface area contributed by atoms with Crippen molar-refractivity contribution in [3.05, 3.63) is 251 Å². The summed E-state index contributed by atoms with van der Waals surface area (Å²) in [5.74, 6) is 0. The Morgan fingerprint density at radius 3 is 0.844 bits per heavy atom. The highest BCUT2D eigenvalue weighted by Gasteiger charge is 2.20. The van der Waals surface area contributed by atoms with Gasteiger partial charge in [0.1, 0.15) is 0 Å². The standard InChI is InChI=1S/C60H50N4/c1-5-17-43(18-6-1)29-33-47-37-51(38-48(61-47)34-30-44-19-7-2-8-20-44)63-57-27-15-13-25-53(57)55-42-60-56(41-59(55)63)54-26-14-16-28-58(54)64(60)52-39-49(35-31-45-21-9-3-10-22-45)62-50(40-52)36-32-46-23-11-4-12-24-46/h1-28,37-42H,29-36H2. The second-order valence-electron chi connectivity index (χ2n) is 17.2. The topological polar surface area (TPSA) is 35.6 Å². The summed E-state index contributed by atoms with van der Waals surface area (Å²) in [5, 5.41) is 4.96. The highest BCUT2D eigenvalue weighted by atomic mass is 15.0. The zero-order chi connectivity index (χ0) is 42.7. The van der Waals surface area contributed by atoms with Crippen molar-refractivity contribution >= 4 is 43.6 Å². The van der Waals surface area contributed by atoms with Crippen LogP contribution >= 0.6 is 0 Å².